The van der Waals surface area contributed by atoms with Crippen LogP contribution in [0.3, 0.4) is 0 Å². The van der Waals surface area contributed by atoms with E-state index < -0.39 is 0 Å². The van der Waals surface area contributed by atoms with E-state index in [1.165, 1.54) is 37.1 Å². The number of hydrogen-bond acceptors (Lipinski definition) is 3. The Balaban J connectivity index is 1.77. The first-order chi connectivity index (χ1) is 8.88. The molecule has 1 saturated heterocycles. The molecule has 1 aromatic rings. The van der Waals surface area contributed by atoms with Crippen molar-refractivity contribution in [3.8, 4) is 11.5 Å². The molecule has 2 atom stereocenters. The van der Waals surface area contributed by atoms with Gasteiger partial charge in [0.25, 0.3) is 0 Å². The fourth-order valence-corrected chi connectivity index (χ4v) is 4.00. The zero-order valence-corrected chi connectivity index (χ0v) is 10.8. The fraction of sp³-hybridized carbons (Fsp3) is 0.600. The van der Waals surface area contributed by atoms with Crippen LogP contribution in [0.15, 0.2) is 12.1 Å². The molecule has 3 heteroatoms. The Morgan fingerprint density at radius 2 is 2.22 bits per heavy atom. The van der Waals surface area contributed by atoms with E-state index in [-0.39, 0.29) is 0 Å². The topological polar surface area (TPSA) is 21.7 Å². The summed E-state index contributed by atoms with van der Waals surface area (Å²) in [7, 11) is 0. The van der Waals surface area contributed by atoms with E-state index in [4.69, 9.17) is 9.47 Å². The summed E-state index contributed by atoms with van der Waals surface area (Å²) in [5.41, 5.74) is 2.94. The lowest BCUT2D eigenvalue weighted by Gasteiger charge is -2.33. The molecule has 0 radical (unpaired) electrons. The highest BCUT2D eigenvalue weighted by molar-refractivity contribution is 5.54. The maximum atomic E-state index is 5.66. The first-order valence-electron chi connectivity index (χ1n) is 7.04. The van der Waals surface area contributed by atoms with Crippen LogP contribution in [0.5, 0.6) is 11.5 Å². The van der Waals surface area contributed by atoms with Crippen molar-refractivity contribution in [2.75, 3.05) is 19.9 Å². The second kappa shape index (κ2) is 3.89. The van der Waals surface area contributed by atoms with E-state index in [1.807, 2.05) is 0 Å². The highest BCUT2D eigenvalue weighted by Gasteiger charge is 2.39. The molecule has 3 nitrogen and oxygen atoms in total. The van der Waals surface area contributed by atoms with Crippen LogP contribution < -0.4 is 9.47 Å². The van der Waals surface area contributed by atoms with E-state index in [1.54, 1.807) is 0 Å². The van der Waals surface area contributed by atoms with Crippen molar-refractivity contribution in [2.45, 2.75) is 38.1 Å². The third-order valence-corrected chi connectivity index (χ3v) is 4.83. The van der Waals surface area contributed by atoms with Crippen LogP contribution in [0.25, 0.3) is 0 Å². The molecule has 4 rings (SSSR count). The second-order valence-corrected chi connectivity index (χ2v) is 5.50. The molecular formula is C15H19NO2. The van der Waals surface area contributed by atoms with Gasteiger partial charge in [0.15, 0.2) is 11.5 Å². The molecule has 0 spiro atoms. The molecule has 2 heterocycles. The fourth-order valence-electron chi connectivity index (χ4n) is 4.00. The maximum absolute atomic E-state index is 5.66. The number of likely N-dealkylation sites (N-methyl/N-ethyl adjacent to an activating group) is 1. The molecule has 2 aliphatic heterocycles. The molecular weight excluding hydrogens is 226 g/mol. The lowest BCUT2D eigenvalue weighted by Crippen LogP contribution is -2.34. The molecule has 0 saturated carbocycles. The van der Waals surface area contributed by atoms with Crippen molar-refractivity contribution >= 4 is 0 Å². The van der Waals surface area contributed by atoms with Crippen LogP contribution in [0.2, 0.25) is 0 Å². The van der Waals surface area contributed by atoms with Gasteiger partial charge in [0.05, 0.1) is 0 Å². The molecule has 0 N–H and O–H groups in total. The Morgan fingerprint density at radius 3 is 3.11 bits per heavy atom. The van der Waals surface area contributed by atoms with Crippen LogP contribution in [0, 0.1) is 0 Å². The van der Waals surface area contributed by atoms with Gasteiger partial charge in [-0.05, 0) is 44.0 Å². The average molecular weight is 245 g/mol. The number of likely N-dealkylation sites (tertiary alicyclic amines) is 1. The summed E-state index contributed by atoms with van der Waals surface area (Å²) in [5.74, 6) is 2.68. The Hall–Kier alpha value is -1.22. The summed E-state index contributed by atoms with van der Waals surface area (Å²) < 4.78 is 11.1. The van der Waals surface area contributed by atoms with Crippen molar-refractivity contribution in [1.29, 1.82) is 0 Å². The number of rotatable bonds is 1. The minimum absolute atomic E-state index is 0.390. The molecule has 0 bridgehead atoms. The standard InChI is InChI=1S/C15H19NO2/c1-2-16-8-7-11-10-4-6-14-15(18-9-17-14)12(10)3-5-13(11)16/h4,6,11,13H,2-3,5,7-9H2,1H3. The van der Waals surface area contributed by atoms with Crippen LogP contribution >= 0.6 is 0 Å². The normalized spacial score (nSPS) is 29.2. The van der Waals surface area contributed by atoms with Crippen molar-refractivity contribution in [3.63, 3.8) is 0 Å². The summed E-state index contributed by atoms with van der Waals surface area (Å²) in [6, 6.07) is 5.12. The van der Waals surface area contributed by atoms with E-state index in [2.05, 4.69) is 24.0 Å². The number of hydrogen-bond donors (Lipinski definition) is 0. The minimum atomic E-state index is 0.390. The predicted octanol–water partition coefficient (Wildman–Crippen LogP) is 2.54. The van der Waals surface area contributed by atoms with Crippen molar-refractivity contribution in [3.05, 3.63) is 23.3 Å². The van der Waals surface area contributed by atoms with Gasteiger partial charge in [0.2, 0.25) is 6.79 Å². The monoisotopic (exact) mass is 245 g/mol. The third-order valence-electron chi connectivity index (χ3n) is 4.83. The summed E-state index contributed by atoms with van der Waals surface area (Å²) in [6.07, 6.45) is 3.70. The maximum Gasteiger partial charge on any atom is 0.231 e. The molecule has 18 heavy (non-hydrogen) atoms. The van der Waals surface area contributed by atoms with Crippen molar-refractivity contribution < 1.29 is 9.47 Å². The van der Waals surface area contributed by atoms with E-state index in [0.717, 1.165) is 24.0 Å². The highest BCUT2D eigenvalue weighted by atomic mass is 16.7. The number of nitrogens with zero attached hydrogens (tertiary/aromatic N) is 1. The molecule has 1 aliphatic carbocycles. The van der Waals surface area contributed by atoms with E-state index >= 15 is 0 Å². The van der Waals surface area contributed by atoms with Gasteiger partial charge in [0, 0.05) is 17.5 Å². The van der Waals surface area contributed by atoms with Crippen molar-refractivity contribution in [2.24, 2.45) is 0 Å². The number of ether oxygens (including phenoxy) is 2. The molecule has 2 unspecified atom stereocenters. The van der Waals surface area contributed by atoms with Crippen LogP contribution in [0.4, 0.5) is 0 Å². The first-order valence-corrected chi connectivity index (χ1v) is 7.04. The van der Waals surface area contributed by atoms with Gasteiger partial charge in [-0.1, -0.05) is 13.0 Å². The SMILES string of the molecule is CCN1CCC2c3ccc4c(c3CCC21)OCO4. The molecule has 96 valence electrons. The van der Waals surface area contributed by atoms with Gasteiger partial charge in [0.1, 0.15) is 0 Å². The van der Waals surface area contributed by atoms with E-state index in [9.17, 15) is 0 Å². The van der Waals surface area contributed by atoms with Gasteiger partial charge in [-0.25, -0.2) is 0 Å². The Labute approximate surface area is 108 Å². The zero-order chi connectivity index (χ0) is 12.1. The Bertz CT molecular complexity index is 486. The van der Waals surface area contributed by atoms with Gasteiger partial charge in [-0.15, -0.1) is 0 Å². The quantitative estimate of drug-likeness (QED) is 0.759. The molecule has 0 aromatic heterocycles. The molecule has 0 amide bonds. The first kappa shape index (κ1) is 10.7. The molecule has 3 aliphatic rings. The smallest absolute Gasteiger partial charge is 0.231 e. The van der Waals surface area contributed by atoms with Gasteiger partial charge >= 0.3 is 0 Å². The van der Waals surface area contributed by atoms with Crippen LogP contribution in [0.1, 0.15) is 36.8 Å². The van der Waals surface area contributed by atoms with Gasteiger partial charge in [-0.3, -0.25) is 0 Å². The Kier molecular flexibility index (Phi) is 2.31. The lowest BCUT2D eigenvalue weighted by atomic mass is 9.79. The highest BCUT2D eigenvalue weighted by Crippen LogP contribution is 2.48. The van der Waals surface area contributed by atoms with Crippen LogP contribution in [-0.4, -0.2) is 30.8 Å². The number of fused-ring (bicyclic) bond motifs is 5. The molecule has 1 fully saturated rings. The zero-order valence-electron chi connectivity index (χ0n) is 10.8. The lowest BCUT2D eigenvalue weighted by molar-refractivity contribution is 0.172. The summed E-state index contributed by atoms with van der Waals surface area (Å²) in [4.78, 5) is 2.64. The minimum Gasteiger partial charge on any atom is -0.454 e. The van der Waals surface area contributed by atoms with Gasteiger partial charge < -0.3 is 14.4 Å². The average Bonchev–Trinajstić information content (AvgIpc) is 3.04. The summed E-state index contributed by atoms with van der Waals surface area (Å²) >= 11 is 0. The third kappa shape index (κ3) is 1.34. The Morgan fingerprint density at radius 1 is 1.28 bits per heavy atom. The van der Waals surface area contributed by atoms with Gasteiger partial charge in [-0.2, -0.15) is 0 Å². The predicted molar refractivity (Wildman–Crippen MR) is 69.3 cm³/mol. The van der Waals surface area contributed by atoms with E-state index in [0.29, 0.717) is 12.7 Å². The summed E-state index contributed by atoms with van der Waals surface area (Å²) in [5, 5.41) is 0. The van der Waals surface area contributed by atoms with Crippen molar-refractivity contribution in [1.82, 2.24) is 4.90 Å². The largest absolute Gasteiger partial charge is 0.454 e. The number of benzene rings is 1. The molecule has 1 aromatic carbocycles. The second-order valence-electron chi connectivity index (χ2n) is 5.50. The summed E-state index contributed by atoms with van der Waals surface area (Å²) in [6.45, 7) is 5.10. The van der Waals surface area contributed by atoms with Crippen LogP contribution in [-0.2, 0) is 6.42 Å².